The normalized spacial score (nSPS) is 14.9. The zero-order valence-electron chi connectivity index (χ0n) is 18.5. The van der Waals surface area contributed by atoms with Crippen LogP contribution in [0.3, 0.4) is 0 Å². The molecule has 166 valence electrons. The van der Waals surface area contributed by atoms with Gasteiger partial charge in [-0.3, -0.25) is 0 Å². The molecule has 6 rings (SSSR count). The molecule has 2 aromatic heterocycles. The van der Waals surface area contributed by atoms with Crippen molar-refractivity contribution in [2.24, 2.45) is 5.10 Å². The minimum Gasteiger partial charge on any atom is -0.398 e. The van der Waals surface area contributed by atoms with Gasteiger partial charge in [0, 0.05) is 16.3 Å². The molecule has 3 N–H and O–H groups in total. The Morgan fingerprint density at radius 1 is 1.03 bits per heavy atom. The molecule has 1 atom stereocenters. The van der Waals surface area contributed by atoms with Crippen LogP contribution in [0.2, 0.25) is 0 Å². The average molecular weight is 446 g/mol. The summed E-state index contributed by atoms with van der Waals surface area (Å²) in [6, 6.07) is 19.6. The summed E-state index contributed by atoms with van der Waals surface area (Å²) in [6.45, 7) is 0. The van der Waals surface area contributed by atoms with E-state index in [4.69, 9.17) is 15.8 Å². The number of aliphatic hydroxyl groups excluding tert-OH is 1. The van der Waals surface area contributed by atoms with E-state index in [2.05, 4.69) is 17.3 Å². The topological polar surface area (TPSA) is 89.3 Å². The van der Waals surface area contributed by atoms with E-state index >= 15 is 0 Å². The molecule has 34 heavy (non-hydrogen) atoms. The lowest BCUT2D eigenvalue weighted by Crippen LogP contribution is -2.05. The Bertz CT molecular complexity index is 1630. The highest BCUT2D eigenvalue weighted by Gasteiger charge is 2.22. The first-order chi connectivity index (χ1) is 16.7. The highest BCUT2D eigenvalue weighted by molar-refractivity contribution is 6.17. The van der Waals surface area contributed by atoms with Crippen molar-refractivity contribution in [3.8, 4) is 0 Å². The van der Waals surface area contributed by atoms with Crippen LogP contribution >= 0.6 is 0 Å². The Hall–Kier alpha value is -4.29. The molecule has 1 aliphatic rings. The van der Waals surface area contributed by atoms with Crippen molar-refractivity contribution in [2.45, 2.75) is 18.9 Å². The number of hydrogen-bond acceptors (Lipinski definition) is 5. The third-order valence-corrected chi connectivity index (χ3v) is 6.24. The van der Waals surface area contributed by atoms with Crippen LogP contribution in [-0.4, -0.2) is 26.2 Å². The molecule has 0 saturated heterocycles. The molecule has 0 saturated carbocycles. The molecule has 0 spiro atoms. The van der Waals surface area contributed by atoms with Crippen molar-refractivity contribution in [1.29, 1.82) is 0 Å². The number of nitrogens with two attached hydrogens (primary N) is 1. The first-order valence-corrected chi connectivity index (χ1v) is 11.3. The zero-order chi connectivity index (χ0) is 23.1. The average Bonchev–Trinajstić information content (AvgIpc) is 3.30. The van der Waals surface area contributed by atoms with E-state index < -0.39 is 6.10 Å². The number of fused-ring (bicyclic) bond motifs is 4. The summed E-state index contributed by atoms with van der Waals surface area (Å²) in [4.78, 5) is 6.47. The second-order valence-corrected chi connectivity index (χ2v) is 8.46. The molecule has 1 unspecified atom stereocenters. The molecule has 0 radical (unpaired) electrons. The first kappa shape index (κ1) is 20.3. The molecule has 1 aliphatic carbocycles. The molecule has 0 amide bonds. The molecule has 5 aromatic rings. The van der Waals surface area contributed by atoms with E-state index in [1.807, 2.05) is 72.9 Å². The van der Waals surface area contributed by atoms with Crippen molar-refractivity contribution in [3.05, 3.63) is 102 Å². The van der Waals surface area contributed by atoms with Gasteiger partial charge in [-0.05, 0) is 36.1 Å². The molecule has 6 heteroatoms. The van der Waals surface area contributed by atoms with Gasteiger partial charge in [-0.25, -0.2) is 4.98 Å². The minimum absolute atomic E-state index is 0.602. The van der Waals surface area contributed by atoms with Crippen LogP contribution in [0.15, 0.2) is 95.8 Å². The molecule has 0 bridgehead atoms. The van der Waals surface area contributed by atoms with E-state index in [0.29, 0.717) is 22.3 Å². The highest BCUT2D eigenvalue weighted by Crippen LogP contribution is 2.39. The largest absolute Gasteiger partial charge is 0.398 e. The first-order valence-electron chi connectivity index (χ1n) is 11.3. The van der Waals surface area contributed by atoms with E-state index in [-0.39, 0.29) is 0 Å². The SMILES string of the molecule is Nc1c2ccccc2nc2c(C(O)C3=CCCC=C3)cc3cn(N=Cc4ccccc4)nc3c12. The Balaban J connectivity index is 1.60. The Labute approximate surface area is 196 Å². The highest BCUT2D eigenvalue weighted by atomic mass is 16.3. The van der Waals surface area contributed by atoms with Crippen LogP contribution in [0.4, 0.5) is 5.69 Å². The van der Waals surface area contributed by atoms with Gasteiger partial charge < -0.3 is 10.8 Å². The maximum absolute atomic E-state index is 11.4. The molecule has 3 aromatic carbocycles. The van der Waals surface area contributed by atoms with Crippen LogP contribution < -0.4 is 5.73 Å². The Kier molecular flexibility index (Phi) is 4.93. The van der Waals surface area contributed by atoms with Gasteiger partial charge in [0.15, 0.2) is 0 Å². The van der Waals surface area contributed by atoms with E-state index in [1.165, 1.54) is 0 Å². The third-order valence-electron chi connectivity index (χ3n) is 6.24. The fourth-order valence-corrected chi connectivity index (χ4v) is 4.55. The monoisotopic (exact) mass is 445 g/mol. The van der Waals surface area contributed by atoms with Gasteiger partial charge in [-0.2, -0.15) is 9.89 Å². The standard InChI is InChI=1S/C28H23N5O/c29-25-21-13-7-8-14-23(21)31-27-22(28(34)19-11-5-2-6-12-19)15-20-17-33(32-26(20)24(25)27)30-16-18-9-3-1-4-10-18/h1,3-5,7-17,28,34H,2,6H2,(H2,29,31). The summed E-state index contributed by atoms with van der Waals surface area (Å²) < 4.78 is 0. The summed E-state index contributed by atoms with van der Waals surface area (Å²) in [7, 11) is 0. The fourth-order valence-electron chi connectivity index (χ4n) is 4.55. The predicted octanol–water partition coefficient (Wildman–Crippen LogP) is 5.51. The van der Waals surface area contributed by atoms with Crippen molar-refractivity contribution in [2.75, 3.05) is 5.73 Å². The molecular formula is C28H23N5O. The second kappa shape index (κ2) is 8.24. The lowest BCUT2D eigenvalue weighted by atomic mass is 9.93. The molecule has 0 aliphatic heterocycles. The summed E-state index contributed by atoms with van der Waals surface area (Å²) in [6.07, 6.45) is 10.9. The number of pyridine rings is 1. The van der Waals surface area contributed by atoms with Crippen LogP contribution in [0.5, 0.6) is 0 Å². The van der Waals surface area contributed by atoms with Crippen molar-refractivity contribution in [1.82, 2.24) is 14.9 Å². The number of nitrogen functional groups attached to an aromatic ring is 1. The number of aromatic nitrogens is 3. The Morgan fingerprint density at radius 3 is 2.68 bits per heavy atom. The van der Waals surface area contributed by atoms with Gasteiger partial charge in [0.2, 0.25) is 0 Å². The number of allylic oxidation sites excluding steroid dienone is 2. The van der Waals surface area contributed by atoms with Crippen LogP contribution in [0.1, 0.15) is 30.1 Å². The van der Waals surface area contributed by atoms with E-state index in [9.17, 15) is 5.11 Å². The second-order valence-electron chi connectivity index (χ2n) is 8.46. The minimum atomic E-state index is -0.812. The zero-order valence-corrected chi connectivity index (χ0v) is 18.5. The van der Waals surface area contributed by atoms with E-state index in [0.717, 1.165) is 45.7 Å². The Morgan fingerprint density at radius 2 is 1.85 bits per heavy atom. The van der Waals surface area contributed by atoms with Crippen LogP contribution in [0, 0.1) is 0 Å². The number of benzene rings is 3. The number of anilines is 1. The van der Waals surface area contributed by atoms with Crippen molar-refractivity contribution in [3.63, 3.8) is 0 Å². The van der Waals surface area contributed by atoms with Gasteiger partial charge in [0.05, 0.1) is 34.5 Å². The number of hydrogen-bond donors (Lipinski definition) is 2. The molecule has 0 fully saturated rings. The van der Waals surface area contributed by atoms with Gasteiger partial charge in [0.1, 0.15) is 11.6 Å². The van der Waals surface area contributed by atoms with E-state index in [1.54, 1.807) is 11.0 Å². The van der Waals surface area contributed by atoms with Gasteiger partial charge in [-0.15, -0.1) is 5.10 Å². The van der Waals surface area contributed by atoms with Crippen LogP contribution in [0.25, 0.3) is 32.7 Å². The summed E-state index contributed by atoms with van der Waals surface area (Å²) >= 11 is 0. The van der Waals surface area contributed by atoms with Gasteiger partial charge in [0.25, 0.3) is 0 Å². The molecular weight excluding hydrogens is 422 g/mol. The quantitative estimate of drug-likeness (QED) is 0.282. The number of rotatable bonds is 4. The lowest BCUT2D eigenvalue weighted by Gasteiger charge is -2.18. The summed E-state index contributed by atoms with van der Waals surface area (Å²) in [5.41, 5.74) is 12.0. The smallest absolute Gasteiger partial charge is 0.106 e. The third kappa shape index (κ3) is 3.45. The lowest BCUT2D eigenvalue weighted by molar-refractivity contribution is 0.220. The molecule has 2 heterocycles. The summed E-state index contributed by atoms with van der Waals surface area (Å²) in [5, 5.41) is 23.0. The number of nitrogens with zero attached hydrogens (tertiary/aromatic N) is 4. The van der Waals surface area contributed by atoms with Crippen molar-refractivity contribution < 1.29 is 5.11 Å². The fraction of sp³-hybridized carbons (Fsp3) is 0.107. The summed E-state index contributed by atoms with van der Waals surface area (Å²) in [5.74, 6) is 0. The van der Waals surface area contributed by atoms with Gasteiger partial charge in [-0.1, -0.05) is 66.8 Å². The number of para-hydroxylation sites is 1. The maximum Gasteiger partial charge on any atom is 0.106 e. The maximum atomic E-state index is 11.4. The van der Waals surface area contributed by atoms with Gasteiger partial charge >= 0.3 is 0 Å². The predicted molar refractivity (Wildman–Crippen MR) is 138 cm³/mol. The van der Waals surface area contributed by atoms with Crippen LogP contribution in [-0.2, 0) is 0 Å². The number of aliphatic hydroxyl groups is 1. The molecule has 6 nitrogen and oxygen atoms in total. The van der Waals surface area contributed by atoms with Crippen molar-refractivity contribution >= 4 is 44.6 Å².